The Hall–Kier alpha value is -0.640. The van der Waals surface area contributed by atoms with E-state index in [2.05, 4.69) is 16.1 Å². The van der Waals surface area contributed by atoms with Gasteiger partial charge in [-0.25, -0.2) is 8.42 Å². The highest BCUT2D eigenvalue weighted by Gasteiger charge is 2.24. The number of benzene rings is 1. The largest absolute Gasteiger partial charge is 0.312 e. The van der Waals surface area contributed by atoms with Crippen molar-refractivity contribution >= 4 is 21.6 Å². The number of hydroxylamine groups is 1. The quantitative estimate of drug-likeness (QED) is 0.715. The molecule has 6 nitrogen and oxygen atoms in total. The zero-order valence-corrected chi connectivity index (χ0v) is 14.8. The molecule has 3 unspecified atom stereocenters. The van der Waals surface area contributed by atoms with E-state index in [0.717, 1.165) is 37.4 Å². The monoisotopic (exact) mass is 357 g/mol. The van der Waals surface area contributed by atoms with E-state index in [9.17, 15) is 8.42 Å². The molecule has 1 aromatic carbocycles. The molecular weight excluding hydrogens is 334 g/mol. The van der Waals surface area contributed by atoms with E-state index in [4.69, 9.17) is 4.84 Å². The highest BCUT2D eigenvalue weighted by molar-refractivity contribution is 7.99. The first-order valence-corrected chi connectivity index (χ1v) is 10.7. The van der Waals surface area contributed by atoms with Crippen molar-refractivity contribution in [1.82, 2.24) is 16.1 Å². The second-order valence-corrected chi connectivity index (χ2v) is 9.24. The lowest BCUT2D eigenvalue weighted by Crippen LogP contribution is -2.49. The van der Waals surface area contributed by atoms with E-state index in [0.29, 0.717) is 16.3 Å². The molecule has 23 heavy (non-hydrogen) atoms. The minimum absolute atomic E-state index is 0.197. The third-order valence-electron chi connectivity index (χ3n) is 4.09. The van der Waals surface area contributed by atoms with Crippen molar-refractivity contribution in [1.29, 1.82) is 0 Å². The zero-order valence-electron chi connectivity index (χ0n) is 13.1. The van der Waals surface area contributed by atoms with Gasteiger partial charge in [0.2, 0.25) is 0 Å². The van der Waals surface area contributed by atoms with Gasteiger partial charge in [-0.1, -0.05) is 12.1 Å². The molecule has 8 heteroatoms. The van der Waals surface area contributed by atoms with E-state index in [1.54, 1.807) is 12.1 Å². The van der Waals surface area contributed by atoms with Crippen LogP contribution < -0.4 is 16.1 Å². The van der Waals surface area contributed by atoms with Gasteiger partial charge in [-0.3, -0.25) is 5.32 Å². The molecular formula is C15H23N3O3S2. The molecule has 2 heterocycles. The second kappa shape index (κ2) is 7.50. The maximum Gasteiger partial charge on any atom is 0.175 e. The number of piperazine rings is 1. The molecule has 1 aromatic rings. The van der Waals surface area contributed by atoms with Gasteiger partial charge in [-0.2, -0.15) is 5.48 Å². The number of sulfone groups is 1. The molecule has 0 amide bonds. The number of thioether (sulfide) groups is 1. The summed E-state index contributed by atoms with van der Waals surface area (Å²) in [4.78, 5) is 5.54. The highest BCUT2D eigenvalue weighted by atomic mass is 32.2. The average molecular weight is 358 g/mol. The van der Waals surface area contributed by atoms with Crippen LogP contribution in [0, 0.1) is 0 Å². The fraction of sp³-hybridized carbons (Fsp3) is 0.600. The fourth-order valence-corrected chi connectivity index (χ4v) is 4.58. The SMILES string of the molecule is CS(=O)(=O)c1ccc(C2CNCC(SCC3CCON3)N2)cc1. The molecule has 0 saturated carbocycles. The molecule has 3 N–H and O–H groups in total. The summed E-state index contributed by atoms with van der Waals surface area (Å²) in [5, 5.41) is 7.42. The van der Waals surface area contributed by atoms with Crippen molar-refractivity contribution < 1.29 is 13.3 Å². The molecule has 2 aliphatic rings. The molecule has 0 radical (unpaired) electrons. The predicted molar refractivity (Wildman–Crippen MR) is 92.0 cm³/mol. The molecule has 128 valence electrons. The van der Waals surface area contributed by atoms with E-state index < -0.39 is 9.84 Å². The van der Waals surface area contributed by atoms with Gasteiger partial charge in [0, 0.05) is 37.2 Å². The minimum atomic E-state index is -3.14. The van der Waals surface area contributed by atoms with Crippen LogP contribution in [-0.2, 0) is 14.7 Å². The molecule has 2 fully saturated rings. The Morgan fingerprint density at radius 2 is 2.04 bits per heavy atom. The highest BCUT2D eigenvalue weighted by Crippen LogP contribution is 2.22. The average Bonchev–Trinajstić information content (AvgIpc) is 3.06. The predicted octanol–water partition coefficient (Wildman–Crippen LogP) is 0.677. The first-order chi connectivity index (χ1) is 11.0. The van der Waals surface area contributed by atoms with Crippen LogP contribution in [0.1, 0.15) is 18.0 Å². The van der Waals surface area contributed by atoms with Crippen molar-refractivity contribution in [3.63, 3.8) is 0 Å². The van der Waals surface area contributed by atoms with E-state index in [-0.39, 0.29) is 6.04 Å². The number of nitrogens with one attached hydrogen (secondary N) is 3. The van der Waals surface area contributed by atoms with Gasteiger partial charge in [0.25, 0.3) is 0 Å². The number of rotatable bonds is 5. The third kappa shape index (κ3) is 4.68. The van der Waals surface area contributed by atoms with E-state index >= 15 is 0 Å². The minimum Gasteiger partial charge on any atom is -0.312 e. The summed E-state index contributed by atoms with van der Waals surface area (Å²) < 4.78 is 23.1. The Bertz CT molecular complexity index is 615. The summed E-state index contributed by atoms with van der Waals surface area (Å²) in [6.07, 6.45) is 2.29. The van der Waals surface area contributed by atoms with Gasteiger partial charge in [-0.15, -0.1) is 11.8 Å². The zero-order chi connectivity index (χ0) is 16.3. The van der Waals surface area contributed by atoms with Crippen molar-refractivity contribution in [2.24, 2.45) is 0 Å². The van der Waals surface area contributed by atoms with Crippen LogP contribution in [-0.4, -0.2) is 51.5 Å². The molecule has 2 saturated heterocycles. The maximum atomic E-state index is 11.5. The summed E-state index contributed by atoms with van der Waals surface area (Å²) in [5.74, 6) is 1.01. The third-order valence-corrected chi connectivity index (χ3v) is 6.52. The van der Waals surface area contributed by atoms with Crippen molar-refractivity contribution in [3.05, 3.63) is 29.8 Å². The Morgan fingerprint density at radius 1 is 1.26 bits per heavy atom. The van der Waals surface area contributed by atoms with Crippen LogP contribution in [0.5, 0.6) is 0 Å². The topological polar surface area (TPSA) is 79.5 Å². The van der Waals surface area contributed by atoms with Crippen molar-refractivity contribution in [2.75, 3.05) is 31.7 Å². The first kappa shape index (κ1) is 17.2. The maximum absolute atomic E-state index is 11.5. The first-order valence-electron chi connectivity index (χ1n) is 7.78. The lowest BCUT2D eigenvalue weighted by Gasteiger charge is -2.32. The van der Waals surface area contributed by atoms with Crippen molar-refractivity contribution in [2.45, 2.75) is 28.8 Å². The van der Waals surface area contributed by atoms with Crippen LogP contribution in [0.3, 0.4) is 0 Å². The van der Waals surface area contributed by atoms with Gasteiger partial charge in [0.15, 0.2) is 9.84 Å². The van der Waals surface area contributed by atoms with Crippen LogP contribution in [0.4, 0.5) is 0 Å². The van der Waals surface area contributed by atoms with Crippen LogP contribution in [0.15, 0.2) is 29.2 Å². The smallest absolute Gasteiger partial charge is 0.175 e. The molecule has 0 aliphatic carbocycles. The van der Waals surface area contributed by atoms with Gasteiger partial charge < -0.3 is 10.2 Å². The van der Waals surface area contributed by atoms with Gasteiger partial charge in [0.05, 0.1) is 16.9 Å². The molecule has 3 rings (SSSR count). The Balaban J connectivity index is 1.57. The molecule has 3 atom stereocenters. The van der Waals surface area contributed by atoms with E-state index in [1.165, 1.54) is 6.26 Å². The molecule has 0 spiro atoms. The summed E-state index contributed by atoms with van der Waals surface area (Å²) in [6, 6.07) is 7.79. The van der Waals surface area contributed by atoms with Crippen LogP contribution >= 0.6 is 11.8 Å². The van der Waals surface area contributed by atoms with Gasteiger partial charge in [0.1, 0.15) is 0 Å². The summed E-state index contributed by atoms with van der Waals surface area (Å²) in [6.45, 7) is 2.56. The summed E-state index contributed by atoms with van der Waals surface area (Å²) in [5.41, 5.74) is 4.14. The Morgan fingerprint density at radius 3 is 2.70 bits per heavy atom. The second-order valence-electron chi connectivity index (χ2n) is 5.99. The van der Waals surface area contributed by atoms with Gasteiger partial charge >= 0.3 is 0 Å². The van der Waals surface area contributed by atoms with Gasteiger partial charge in [-0.05, 0) is 24.1 Å². The Labute approximate surface area is 141 Å². The summed E-state index contributed by atoms with van der Waals surface area (Å²) >= 11 is 1.89. The van der Waals surface area contributed by atoms with Crippen LogP contribution in [0.2, 0.25) is 0 Å². The lowest BCUT2D eigenvalue weighted by atomic mass is 10.1. The summed E-state index contributed by atoms with van der Waals surface area (Å²) in [7, 11) is -3.14. The van der Waals surface area contributed by atoms with Crippen LogP contribution in [0.25, 0.3) is 0 Å². The molecule has 2 aliphatic heterocycles. The number of hydrogen-bond donors (Lipinski definition) is 3. The normalized spacial score (nSPS) is 28.8. The van der Waals surface area contributed by atoms with E-state index in [1.807, 2.05) is 23.9 Å². The standard InChI is InChI=1S/C15H23N3O3S2/c1-23(19,20)13-4-2-11(3-5-13)14-8-16-9-15(17-14)22-10-12-6-7-21-18-12/h2-5,12,14-18H,6-10H2,1H3. The lowest BCUT2D eigenvalue weighted by molar-refractivity contribution is 0.0914. The Kier molecular flexibility index (Phi) is 5.61. The van der Waals surface area contributed by atoms with Crippen molar-refractivity contribution in [3.8, 4) is 0 Å². The molecule has 0 bridgehead atoms. The molecule has 0 aromatic heterocycles. The number of hydrogen-bond acceptors (Lipinski definition) is 7. The fourth-order valence-electron chi connectivity index (χ4n) is 2.76.